The minimum absolute atomic E-state index is 0.00980. The molecule has 0 unspecified atom stereocenters. The fourth-order valence-electron chi connectivity index (χ4n) is 2.30. The second-order valence-electron chi connectivity index (χ2n) is 5.72. The Hall–Kier alpha value is -2.40. The summed E-state index contributed by atoms with van der Waals surface area (Å²) in [6, 6.07) is 13.3. The van der Waals surface area contributed by atoms with Gasteiger partial charge in [0.1, 0.15) is 5.82 Å². The topological polar surface area (TPSA) is 49.4 Å². The molecule has 0 aliphatic heterocycles. The molecule has 2 amide bonds. The molecule has 6 heteroatoms. The van der Waals surface area contributed by atoms with Gasteiger partial charge in [0.15, 0.2) is 0 Å². The van der Waals surface area contributed by atoms with Crippen molar-refractivity contribution in [1.82, 2.24) is 10.2 Å². The Bertz CT molecular complexity index is 717. The second kappa shape index (κ2) is 9.18. The lowest BCUT2D eigenvalue weighted by molar-refractivity contribution is -0.134. The smallest absolute Gasteiger partial charge is 0.239 e. The van der Waals surface area contributed by atoms with Crippen molar-refractivity contribution in [3.63, 3.8) is 0 Å². The van der Waals surface area contributed by atoms with E-state index in [1.165, 1.54) is 24.0 Å². The monoisotopic (exact) mass is 362 g/mol. The van der Waals surface area contributed by atoms with Gasteiger partial charge in [-0.1, -0.05) is 35.9 Å². The van der Waals surface area contributed by atoms with Gasteiger partial charge >= 0.3 is 0 Å². The summed E-state index contributed by atoms with van der Waals surface area (Å²) in [4.78, 5) is 25.3. The molecule has 1 N–H and O–H groups in total. The summed E-state index contributed by atoms with van der Waals surface area (Å²) in [5, 5.41) is 3.40. The predicted octanol–water partition coefficient (Wildman–Crippen LogP) is 3.19. The van der Waals surface area contributed by atoms with E-state index in [-0.39, 0.29) is 24.2 Å². The Morgan fingerprint density at radius 2 is 1.64 bits per heavy atom. The SMILES string of the molecule is CC(=O)N(CCc1ccc(Cl)cc1)CC(=O)NCc1ccc(F)cc1. The van der Waals surface area contributed by atoms with Crippen molar-refractivity contribution in [2.45, 2.75) is 19.9 Å². The van der Waals surface area contributed by atoms with E-state index in [0.29, 0.717) is 24.5 Å². The van der Waals surface area contributed by atoms with Crippen LogP contribution in [0, 0.1) is 5.82 Å². The van der Waals surface area contributed by atoms with Crippen LogP contribution >= 0.6 is 11.6 Å². The summed E-state index contributed by atoms with van der Waals surface area (Å²) < 4.78 is 12.9. The second-order valence-corrected chi connectivity index (χ2v) is 6.16. The number of rotatable bonds is 7. The summed E-state index contributed by atoms with van der Waals surface area (Å²) in [6.07, 6.45) is 0.641. The molecular weight excluding hydrogens is 343 g/mol. The molecule has 2 aromatic carbocycles. The Labute approximate surface area is 151 Å². The number of nitrogens with zero attached hydrogens (tertiary/aromatic N) is 1. The van der Waals surface area contributed by atoms with E-state index in [4.69, 9.17) is 11.6 Å². The summed E-state index contributed by atoms with van der Waals surface area (Å²) >= 11 is 5.85. The van der Waals surface area contributed by atoms with Crippen molar-refractivity contribution in [1.29, 1.82) is 0 Å². The number of amides is 2. The highest BCUT2D eigenvalue weighted by atomic mass is 35.5. The molecule has 0 atom stereocenters. The average molecular weight is 363 g/mol. The van der Waals surface area contributed by atoms with Crippen LogP contribution in [-0.4, -0.2) is 29.8 Å². The van der Waals surface area contributed by atoms with E-state index in [2.05, 4.69) is 5.32 Å². The largest absolute Gasteiger partial charge is 0.350 e. The summed E-state index contributed by atoms with van der Waals surface area (Å²) in [5.41, 5.74) is 1.84. The van der Waals surface area contributed by atoms with Gasteiger partial charge in [0.2, 0.25) is 11.8 Å². The molecule has 0 heterocycles. The maximum absolute atomic E-state index is 12.9. The standard InChI is InChI=1S/C19H20ClFN2O2/c1-14(24)23(11-10-15-2-6-17(20)7-3-15)13-19(25)22-12-16-4-8-18(21)9-5-16/h2-9H,10-13H2,1H3,(H,22,25). The van der Waals surface area contributed by atoms with Crippen LogP contribution in [0.1, 0.15) is 18.1 Å². The van der Waals surface area contributed by atoms with Crippen LogP contribution in [0.15, 0.2) is 48.5 Å². The van der Waals surface area contributed by atoms with E-state index < -0.39 is 0 Å². The normalized spacial score (nSPS) is 10.4. The van der Waals surface area contributed by atoms with E-state index in [0.717, 1.165) is 11.1 Å². The fourth-order valence-corrected chi connectivity index (χ4v) is 2.42. The van der Waals surface area contributed by atoms with E-state index in [9.17, 15) is 14.0 Å². The average Bonchev–Trinajstić information content (AvgIpc) is 2.59. The number of hydrogen-bond donors (Lipinski definition) is 1. The highest BCUT2D eigenvalue weighted by Crippen LogP contribution is 2.10. The van der Waals surface area contributed by atoms with Gasteiger partial charge in [-0.25, -0.2) is 4.39 Å². The van der Waals surface area contributed by atoms with Gasteiger partial charge in [0, 0.05) is 25.0 Å². The first kappa shape index (κ1) is 18.9. The number of hydrogen-bond acceptors (Lipinski definition) is 2. The molecule has 0 bridgehead atoms. The molecule has 0 aromatic heterocycles. The minimum atomic E-state index is -0.319. The third kappa shape index (κ3) is 6.55. The first-order valence-corrected chi connectivity index (χ1v) is 8.33. The van der Waals surface area contributed by atoms with Gasteiger partial charge in [0.05, 0.1) is 6.54 Å². The molecule has 4 nitrogen and oxygen atoms in total. The van der Waals surface area contributed by atoms with E-state index >= 15 is 0 Å². The third-order valence-corrected chi connectivity index (χ3v) is 4.02. The van der Waals surface area contributed by atoms with Crippen molar-refractivity contribution in [3.05, 3.63) is 70.5 Å². The molecule has 0 fully saturated rings. The van der Waals surface area contributed by atoms with Gasteiger partial charge in [-0.3, -0.25) is 9.59 Å². The molecule has 0 aliphatic carbocycles. The van der Waals surface area contributed by atoms with Crippen molar-refractivity contribution in [2.75, 3.05) is 13.1 Å². The summed E-state index contributed by atoms with van der Waals surface area (Å²) in [6.45, 7) is 2.17. The van der Waals surface area contributed by atoms with Crippen LogP contribution in [0.4, 0.5) is 4.39 Å². The molecule has 0 aliphatic rings. The van der Waals surface area contributed by atoms with Crippen molar-refractivity contribution >= 4 is 23.4 Å². The van der Waals surface area contributed by atoms with Crippen molar-refractivity contribution in [2.24, 2.45) is 0 Å². The molecular formula is C19H20ClFN2O2. The lowest BCUT2D eigenvalue weighted by Crippen LogP contribution is -2.40. The fraction of sp³-hybridized carbons (Fsp3) is 0.263. The van der Waals surface area contributed by atoms with Gasteiger partial charge in [0.25, 0.3) is 0 Å². The Kier molecular flexibility index (Phi) is 6.95. The number of carbonyl (C=O) groups excluding carboxylic acids is 2. The third-order valence-electron chi connectivity index (χ3n) is 3.77. The molecule has 0 saturated carbocycles. The summed E-state index contributed by atoms with van der Waals surface area (Å²) in [7, 11) is 0. The Morgan fingerprint density at radius 3 is 2.24 bits per heavy atom. The lowest BCUT2D eigenvalue weighted by atomic mass is 10.1. The van der Waals surface area contributed by atoms with Crippen LogP contribution in [0.25, 0.3) is 0 Å². The zero-order chi connectivity index (χ0) is 18.2. The van der Waals surface area contributed by atoms with Gasteiger partial charge in [-0.2, -0.15) is 0 Å². The molecule has 0 saturated heterocycles. The lowest BCUT2D eigenvalue weighted by Gasteiger charge is -2.20. The molecule has 132 valence electrons. The minimum Gasteiger partial charge on any atom is -0.350 e. The molecule has 25 heavy (non-hydrogen) atoms. The number of carbonyl (C=O) groups is 2. The molecule has 2 rings (SSSR count). The van der Waals surface area contributed by atoms with Crippen LogP contribution in [0.2, 0.25) is 5.02 Å². The van der Waals surface area contributed by atoms with Gasteiger partial charge in [-0.05, 0) is 41.8 Å². The van der Waals surface area contributed by atoms with Crippen LogP contribution in [0.3, 0.4) is 0 Å². The van der Waals surface area contributed by atoms with Gasteiger partial charge in [-0.15, -0.1) is 0 Å². The van der Waals surface area contributed by atoms with E-state index in [1.54, 1.807) is 24.3 Å². The molecule has 2 aromatic rings. The zero-order valence-electron chi connectivity index (χ0n) is 14.0. The van der Waals surface area contributed by atoms with E-state index in [1.807, 2.05) is 12.1 Å². The zero-order valence-corrected chi connectivity index (χ0v) is 14.7. The summed E-state index contributed by atoms with van der Waals surface area (Å²) in [5.74, 6) is -0.735. The number of benzene rings is 2. The van der Waals surface area contributed by atoms with Gasteiger partial charge < -0.3 is 10.2 Å². The first-order chi connectivity index (χ1) is 11.9. The highest BCUT2D eigenvalue weighted by molar-refractivity contribution is 6.30. The number of halogens is 2. The predicted molar refractivity (Wildman–Crippen MR) is 95.7 cm³/mol. The maximum Gasteiger partial charge on any atom is 0.239 e. The maximum atomic E-state index is 12.9. The van der Waals surface area contributed by atoms with Crippen molar-refractivity contribution < 1.29 is 14.0 Å². The van der Waals surface area contributed by atoms with Crippen LogP contribution in [-0.2, 0) is 22.6 Å². The molecule has 0 spiro atoms. The molecule has 0 radical (unpaired) electrons. The van der Waals surface area contributed by atoms with Crippen LogP contribution < -0.4 is 5.32 Å². The Morgan fingerprint density at radius 1 is 1.04 bits per heavy atom. The number of nitrogens with one attached hydrogen (secondary N) is 1. The van der Waals surface area contributed by atoms with Crippen molar-refractivity contribution in [3.8, 4) is 0 Å². The first-order valence-electron chi connectivity index (χ1n) is 7.95. The quantitative estimate of drug-likeness (QED) is 0.822. The Balaban J connectivity index is 1.83. The van der Waals surface area contributed by atoms with Crippen LogP contribution in [0.5, 0.6) is 0 Å². The highest BCUT2D eigenvalue weighted by Gasteiger charge is 2.13.